The SMILES string of the molecule is Cc1cc(C(=O)O)ccc1N=Cc1cc(Br)cc([N+](=O)[O-])c1O. The lowest BCUT2D eigenvalue weighted by molar-refractivity contribution is -0.385. The zero-order valence-corrected chi connectivity index (χ0v) is 13.4. The molecular formula is C15H11BrN2O5. The van der Waals surface area contributed by atoms with Gasteiger partial charge in [-0.2, -0.15) is 0 Å². The highest BCUT2D eigenvalue weighted by Gasteiger charge is 2.17. The van der Waals surface area contributed by atoms with Crippen molar-refractivity contribution >= 4 is 39.5 Å². The molecule has 23 heavy (non-hydrogen) atoms. The zero-order valence-electron chi connectivity index (χ0n) is 11.9. The molecule has 0 saturated heterocycles. The molecule has 8 heteroatoms. The van der Waals surface area contributed by atoms with Crippen molar-refractivity contribution in [3.63, 3.8) is 0 Å². The van der Waals surface area contributed by atoms with Gasteiger partial charge in [0.2, 0.25) is 5.75 Å². The summed E-state index contributed by atoms with van der Waals surface area (Å²) in [4.78, 5) is 25.2. The Morgan fingerprint density at radius 2 is 2.04 bits per heavy atom. The number of phenolic OH excluding ortho intramolecular Hbond substituents is 1. The zero-order chi connectivity index (χ0) is 17.1. The number of nitro benzene ring substituents is 1. The summed E-state index contributed by atoms with van der Waals surface area (Å²) in [6.07, 6.45) is 1.29. The molecule has 2 aromatic carbocycles. The number of phenols is 1. The first-order chi connectivity index (χ1) is 10.8. The normalized spacial score (nSPS) is 10.9. The van der Waals surface area contributed by atoms with E-state index in [4.69, 9.17) is 5.11 Å². The van der Waals surface area contributed by atoms with Crippen molar-refractivity contribution in [1.29, 1.82) is 0 Å². The van der Waals surface area contributed by atoms with Crippen LogP contribution < -0.4 is 0 Å². The predicted octanol–water partition coefficient (Wildman–Crippen LogP) is 3.82. The first-order valence-corrected chi connectivity index (χ1v) is 7.14. The van der Waals surface area contributed by atoms with Gasteiger partial charge in [-0.3, -0.25) is 15.1 Å². The van der Waals surface area contributed by atoms with Gasteiger partial charge in [-0.1, -0.05) is 15.9 Å². The number of carboxylic acid groups (broad SMARTS) is 1. The molecule has 0 amide bonds. The molecule has 0 aromatic heterocycles. The molecule has 2 N–H and O–H groups in total. The van der Waals surface area contributed by atoms with Crippen LogP contribution in [0.2, 0.25) is 0 Å². The Kier molecular flexibility index (Phi) is 4.75. The lowest BCUT2D eigenvalue weighted by Crippen LogP contribution is -1.96. The van der Waals surface area contributed by atoms with Gasteiger partial charge >= 0.3 is 11.7 Å². The maximum atomic E-state index is 10.9. The van der Waals surface area contributed by atoms with Crippen LogP contribution in [0.4, 0.5) is 11.4 Å². The van der Waals surface area contributed by atoms with E-state index in [1.807, 2.05) is 0 Å². The Morgan fingerprint density at radius 1 is 1.35 bits per heavy atom. The first kappa shape index (κ1) is 16.6. The van der Waals surface area contributed by atoms with Gasteiger partial charge in [0.05, 0.1) is 16.2 Å². The third-order valence-electron chi connectivity index (χ3n) is 3.07. The summed E-state index contributed by atoms with van der Waals surface area (Å²) in [5, 5.41) is 29.7. The second-order valence-corrected chi connectivity index (χ2v) is 5.60. The highest BCUT2D eigenvalue weighted by atomic mass is 79.9. The van der Waals surface area contributed by atoms with Crippen LogP contribution >= 0.6 is 15.9 Å². The second kappa shape index (κ2) is 6.57. The lowest BCUT2D eigenvalue weighted by atomic mass is 10.1. The summed E-state index contributed by atoms with van der Waals surface area (Å²) >= 11 is 3.14. The second-order valence-electron chi connectivity index (χ2n) is 4.68. The number of nitro groups is 1. The molecule has 0 saturated carbocycles. The number of aryl methyl sites for hydroxylation is 1. The van der Waals surface area contributed by atoms with Gasteiger partial charge in [0.25, 0.3) is 0 Å². The Balaban J connectivity index is 2.41. The Morgan fingerprint density at radius 3 is 2.61 bits per heavy atom. The number of hydrogen-bond acceptors (Lipinski definition) is 5. The number of benzene rings is 2. The number of rotatable bonds is 4. The van der Waals surface area contributed by atoms with E-state index in [1.54, 1.807) is 6.92 Å². The highest BCUT2D eigenvalue weighted by molar-refractivity contribution is 9.10. The maximum absolute atomic E-state index is 10.9. The van der Waals surface area contributed by atoms with Gasteiger partial charge in [-0.25, -0.2) is 4.79 Å². The van der Waals surface area contributed by atoms with Gasteiger partial charge in [0.1, 0.15) is 0 Å². The fourth-order valence-electron chi connectivity index (χ4n) is 1.92. The summed E-state index contributed by atoms with van der Waals surface area (Å²) in [6.45, 7) is 1.70. The monoisotopic (exact) mass is 378 g/mol. The molecule has 0 unspecified atom stereocenters. The fourth-order valence-corrected chi connectivity index (χ4v) is 2.38. The van der Waals surface area contributed by atoms with E-state index in [9.17, 15) is 20.0 Å². The first-order valence-electron chi connectivity index (χ1n) is 6.34. The molecule has 0 heterocycles. The minimum absolute atomic E-state index is 0.141. The van der Waals surface area contributed by atoms with E-state index in [2.05, 4.69) is 20.9 Å². The van der Waals surface area contributed by atoms with Gasteiger partial charge in [0.15, 0.2) is 0 Å². The van der Waals surface area contributed by atoms with Gasteiger partial charge in [-0.05, 0) is 36.8 Å². The van der Waals surface area contributed by atoms with Crippen molar-refractivity contribution in [3.05, 3.63) is 61.6 Å². The molecule has 0 aliphatic rings. The number of carbonyl (C=O) groups is 1. The Labute approximate surface area is 139 Å². The molecule has 0 fully saturated rings. The molecule has 0 bridgehead atoms. The van der Waals surface area contributed by atoms with Crippen LogP contribution in [0, 0.1) is 17.0 Å². The molecular weight excluding hydrogens is 368 g/mol. The number of carboxylic acids is 1. The number of aliphatic imine (C=N–C) groups is 1. The van der Waals surface area contributed by atoms with E-state index in [1.165, 1.54) is 36.5 Å². The minimum atomic E-state index is -1.04. The molecule has 118 valence electrons. The van der Waals surface area contributed by atoms with Crippen molar-refractivity contribution in [2.24, 2.45) is 4.99 Å². The molecule has 0 aliphatic carbocycles. The average molecular weight is 379 g/mol. The summed E-state index contributed by atoms with van der Waals surface area (Å²) in [7, 11) is 0. The van der Waals surface area contributed by atoms with E-state index in [0.29, 0.717) is 15.7 Å². The number of halogens is 1. The molecule has 2 rings (SSSR count). The Hall–Kier alpha value is -2.74. The summed E-state index contributed by atoms with van der Waals surface area (Å²) in [6, 6.07) is 7.09. The molecule has 2 aromatic rings. The summed E-state index contributed by atoms with van der Waals surface area (Å²) in [5.74, 6) is -1.52. The number of nitrogens with zero attached hydrogens (tertiary/aromatic N) is 2. The van der Waals surface area contributed by atoms with Crippen LogP contribution in [0.3, 0.4) is 0 Å². The molecule has 7 nitrogen and oxygen atoms in total. The predicted molar refractivity (Wildman–Crippen MR) is 87.9 cm³/mol. The molecule has 0 spiro atoms. The molecule has 0 atom stereocenters. The van der Waals surface area contributed by atoms with Crippen molar-refractivity contribution in [1.82, 2.24) is 0 Å². The quantitative estimate of drug-likeness (QED) is 0.476. The van der Waals surface area contributed by atoms with Gasteiger partial charge in [-0.15, -0.1) is 0 Å². The standard InChI is InChI=1S/C15H11BrN2O5/c1-8-4-9(15(20)21)2-3-12(8)17-7-10-5-11(16)6-13(14(10)19)18(22)23/h2-7,19H,1H3,(H,20,21). The molecule has 0 radical (unpaired) electrons. The van der Waals surface area contributed by atoms with Gasteiger partial charge in [0, 0.05) is 22.3 Å². The highest BCUT2D eigenvalue weighted by Crippen LogP contribution is 2.33. The summed E-state index contributed by atoms with van der Waals surface area (Å²) < 4.78 is 0.432. The minimum Gasteiger partial charge on any atom is -0.502 e. The average Bonchev–Trinajstić information content (AvgIpc) is 2.48. The van der Waals surface area contributed by atoms with Crippen molar-refractivity contribution < 1.29 is 19.9 Å². The van der Waals surface area contributed by atoms with Crippen LogP contribution in [0.25, 0.3) is 0 Å². The molecule has 0 aliphatic heterocycles. The third-order valence-corrected chi connectivity index (χ3v) is 3.53. The topological polar surface area (TPSA) is 113 Å². The lowest BCUT2D eigenvalue weighted by Gasteiger charge is -2.03. The van der Waals surface area contributed by atoms with Crippen molar-refractivity contribution in [2.45, 2.75) is 6.92 Å². The third kappa shape index (κ3) is 3.72. The van der Waals surface area contributed by atoms with Gasteiger partial charge < -0.3 is 10.2 Å². The summed E-state index contributed by atoms with van der Waals surface area (Å²) in [5.41, 5.74) is 1.01. The van der Waals surface area contributed by atoms with Crippen molar-refractivity contribution in [2.75, 3.05) is 0 Å². The van der Waals surface area contributed by atoms with E-state index in [-0.39, 0.29) is 11.1 Å². The largest absolute Gasteiger partial charge is 0.502 e. The number of aromatic carboxylic acids is 1. The smallest absolute Gasteiger partial charge is 0.335 e. The van der Waals surface area contributed by atoms with Crippen LogP contribution in [-0.4, -0.2) is 27.3 Å². The van der Waals surface area contributed by atoms with E-state index >= 15 is 0 Å². The van der Waals surface area contributed by atoms with Crippen LogP contribution in [0.1, 0.15) is 21.5 Å². The number of aromatic hydroxyl groups is 1. The van der Waals surface area contributed by atoms with Crippen LogP contribution in [0.5, 0.6) is 5.75 Å². The Bertz CT molecular complexity index is 833. The maximum Gasteiger partial charge on any atom is 0.335 e. The fraction of sp³-hybridized carbons (Fsp3) is 0.0667. The van der Waals surface area contributed by atoms with E-state index < -0.39 is 22.3 Å². The van der Waals surface area contributed by atoms with Crippen LogP contribution in [0.15, 0.2) is 39.8 Å². The van der Waals surface area contributed by atoms with Crippen molar-refractivity contribution in [3.8, 4) is 5.75 Å². The van der Waals surface area contributed by atoms with Crippen LogP contribution in [-0.2, 0) is 0 Å². The van der Waals surface area contributed by atoms with E-state index in [0.717, 1.165) is 0 Å². The number of hydrogen-bond donors (Lipinski definition) is 2.